The number of anilines is 1. The van der Waals surface area contributed by atoms with Gasteiger partial charge in [-0.05, 0) is 37.1 Å². The van der Waals surface area contributed by atoms with Crippen LogP contribution in [0.2, 0.25) is 0 Å². The molecule has 1 N–H and O–H groups in total. The molecule has 1 aromatic carbocycles. The fraction of sp³-hybridized carbons (Fsp3) is 0.235. The number of likely N-dealkylation sites (tertiary alicyclic amines) is 1. The summed E-state index contributed by atoms with van der Waals surface area (Å²) in [6, 6.07) is 10.5. The SMILES string of the molecule is O=C(Nc1ccccc1C(=O)N1CCCC1)c1cccnc1. The molecule has 0 bridgehead atoms. The molecule has 2 heterocycles. The standard InChI is InChI=1S/C17H17N3O2/c21-16(13-6-5-9-18-12-13)19-15-8-2-1-7-14(15)17(22)20-10-3-4-11-20/h1-2,5-9,12H,3-4,10-11H2,(H,19,21). The summed E-state index contributed by atoms with van der Waals surface area (Å²) in [5, 5.41) is 2.80. The molecule has 0 saturated carbocycles. The van der Waals surface area contributed by atoms with E-state index < -0.39 is 0 Å². The van der Waals surface area contributed by atoms with Gasteiger partial charge in [0.1, 0.15) is 0 Å². The van der Waals surface area contributed by atoms with Gasteiger partial charge < -0.3 is 10.2 Å². The molecule has 1 fully saturated rings. The minimum Gasteiger partial charge on any atom is -0.339 e. The summed E-state index contributed by atoms with van der Waals surface area (Å²) < 4.78 is 0. The van der Waals surface area contributed by atoms with Crippen molar-refractivity contribution >= 4 is 17.5 Å². The fourth-order valence-corrected chi connectivity index (χ4v) is 2.56. The number of benzene rings is 1. The Balaban J connectivity index is 1.82. The molecule has 0 unspecified atom stereocenters. The first-order valence-corrected chi connectivity index (χ1v) is 7.35. The Kier molecular flexibility index (Phi) is 4.14. The summed E-state index contributed by atoms with van der Waals surface area (Å²) >= 11 is 0. The maximum Gasteiger partial charge on any atom is 0.257 e. The molecule has 22 heavy (non-hydrogen) atoms. The summed E-state index contributed by atoms with van der Waals surface area (Å²) in [5.41, 5.74) is 1.53. The van der Waals surface area contributed by atoms with E-state index in [9.17, 15) is 9.59 Å². The summed E-state index contributed by atoms with van der Waals surface area (Å²) in [5.74, 6) is -0.297. The van der Waals surface area contributed by atoms with Gasteiger partial charge in [-0.15, -0.1) is 0 Å². The smallest absolute Gasteiger partial charge is 0.257 e. The second-order valence-corrected chi connectivity index (χ2v) is 5.24. The van der Waals surface area contributed by atoms with E-state index in [0.29, 0.717) is 16.8 Å². The molecule has 2 amide bonds. The Morgan fingerprint density at radius 2 is 1.82 bits per heavy atom. The van der Waals surface area contributed by atoms with Crippen molar-refractivity contribution in [1.82, 2.24) is 9.88 Å². The van der Waals surface area contributed by atoms with Gasteiger partial charge in [-0.1, -0.05) is 12.1 Å². The van der Waals surface area contributed by atoms with Crippen LogP contribution in [0.1, 0.15) is 33.6 Å². The number of nitrogens with zero attached hydrogens (tertiary/aromatic N) is 2. The summed E-state index contributed by atoms with van der Waals surface area (Å²) in [7, 11) is 0. The maximum atomic E-state index is 12.5. The van der Waals surface area contributed by atoms with Gasteiger partial charge in [0, 0.05) is 25.5 Å². The molecular weight excluding hydrogens is 278 g/mol. The summed E-state index contributed by atoms with van der Waals surface area (Å²) in [4.78, 5) is 30.5. The van der Waals surface area contributed by atoms with E-state index in [1.54, 1.807) is 36.5 Å². The lowest BCUT2D eigenvalue weighted by molar-refractivity contribution is 0.0794. The van der Waals surface area contributed by atoms with Crippen LogP contribution < -0.4 is 5.32 Å². The third kappa shape index (κ3) is 2.98. The van der Waals surface area contributed by atoms with Gasteiger partial charge in [-0.3, -0.25) is 14.6 Å². The van der Waals surface area contributed by atoms with Crippen LogP contribution in [0.15, 0.2) is 48.8 Å². The Hall–Kier alpha value is -2.69. The zero-order chi connectivity index (χ0) is 15.4. The predicted octanol–water partition coefficient (Wildman–Crippen LogP) is 2.57. The van der Waals surface area contributed by atoms with Gasteiger partial charge in [0.15, 0.2) is 0 Å². The highest BCUT2D eigenvalue weighted by atomic mass is 16.2. The van der Waals surface area contributed by atoms with Gasteiger partial charge in [0.25, 0.3) is 11.8 Å². The van der Waals surface area contributed by atoms with Crippen molar-refractivity contribution in [2.75, 3.05) is 18.4 Å². The Labute approximate surface area is 129 Å². The number of nitrogens with one attached hydrogen (secondary N) is 1. The van der Waals surface area contributed by atoms with E-state index in [-0.39, 0.29) is 11.8 Å². The van der Waals surface area contributed by atoms with Crippen LogP contribution in [0.4, 0.5) is 5.69 Å². The molecule has 0 aliphatic carbocycles. The molecule has 5 nitrogen and oxygen atoms in total. The van der Waals surface area contributed by atoms with Crippen molar-refractivity contribution in [2.24, 2.45) is 0 Å². The van der Waals surface area contributed by atoms with Crippen molar-refractivity contribution in [2.45, 2.75) is 12.8 Å². The fourth-order valence-electron chi connectivity index (χ4n) is 2.56. The van der Waals surface area contributed by atoms with Crippen LogP contribution in [0.5, 0.6) is 0 Å². The lowest BCUT2D eigenvalue weighted by Crippen LogP contribution is -2.28. The highest BCUT2D eigenvalue weighted by Crippen LogP contribution is 2.20. The van der Waals surface area contributed by atoms with Crippen molar-refractivity contribution in [3.8, 4) is 0 Å². The van der Waals surface area contributed by atoms with Crippen LogP contribution in [0.25, 0.3) is 0 Å². The topological polar surface area (TPSA) is 62.3 Å². The van der Waals surface area contributed by atoms with Crippen molar-refractivity contribution < 1.29 is 9.59 Å². The molecule has 1 aliphatic heterocycles. The van der Waals surface area contributed by atoms with Crippen molar-refractivity contribution in [3.63, 3.8) is 0 Å². The molecule has 0 radical (unpaired) electrons. The van der Waals surface area contributed by atoms with Gasteiger partial charge in [0.05, 0.1) is 16.8 Å². The third-order valence-corrected chi connectivity index (χ3v) is 3.72. The number of hydrogen-bond donors (Lipinski definition) is 1. The van der Waals surface area contributed by atoms with Gasteiger partial charge >= 0.3 is 0 Å². The quantitative estimate of drug-likeness (QED) is 0.946. The number of aromatic nitrogens is 1. The molecule has 1 aromatic heterocycles. The lowest BCUT2D eigenvalue weighted by Gasteiger charge is -2.17. The molecule has 0 atom stereocenters. The minimum atomic E-state index is -0.269. The van der Waals surface area contributed by atoms with Crippen LogP contribution in [-0.4, -0.2) is 34.8 Å². The highest BCUT2D eigenvalue weighted by Gasteiger charge is 2.22. The van der Waals surface area contributed by atoms with E-state index in [2.05, 4.69) is 10.3 Å². The largest absolute Gasteiger partial charge is 0.339 e. The van der Waals surface area contributed by atoms with E-state index >= 15 is 0 Å². The highest BCUT2D eigenvalue weighted by molar-refractivity contribution is 6.08. The van der Waals surface area contributed by atoms with E-state index in [4.69, 9.17) is 0 Å². The first kappa shape index (κ1) is 14.3. The first-order valence-electron chi connectivity index (χ1n) is 7.35. The second-order valence-electron chi connectivity index (χ2n) is 5.24. The van der Waals surface area contributed by atoms with Crippen LogP contribution in [0.3, 0.4) is 0 Å². The number of carbonyl (C=O) groups is 2. The second kappa shape index (κ2) is 6.39. The maximum absolute atomic E-state index is 12.5. The first-order chi connectivity index (χ1) is 10.8. The average Bonchev–Trinajstić information content (AvgIpc) is 3.10. The van der Waals surface area contributed by atoms with Crippen LogP contribution >= 0.6 is 0 Å². The Bertz CT molecular complexity index is 679. The number of carbonyl (C=O) groups excluding carboxylic acids is 2. The van der Waals surface area contributed by atoms with Crippen LogP contribution in [0, 0.1) is 0 Å². The summed E-state index contributed by atoms with van der Waals surface area (Å²) in [6.07, 6.45) is 5.19. The number of para-hydroxylation sites is 1. The molecule has 5 heteroatoms. The third-order valence-electron chi connectivity index (χ3n) is 3.72. The number of rotatable bonds is 3. The minimum absolute atomic E-state index is 0.0282. The van der Waals surface area contributed by atoms with E-state index in [1.807, 2.05) is 11.0 Å². The van der Waals surface area contributed by atoms with E-state index in [0.717, 1.165) is 25.9 Å². The van der Waals surface area contributed by atoms with Crippen molar-refractivity contribution in [3.05, 3.63) is 59.9 Å². The Morgan fingerprint density at radius 1 is 1.05 bits per heavy atom. The Morgan fingerprint density at radius 3 is 2.55 bits per heavy atom. The molecular formula is C17H17N3O2. The van der Waals surface area contributed by atoms with Crippen LogP contribution in [-0.2, 0) is 0 Å². The number of amides is 2. The lowest BCUT2D eigenvalue weighted by atomic mass is 10.1. The number of hydrogen-bond acceptors (Lipinski definition) is 3. The molecule has 2 aromatic rings. The normalized spacial score (nSPS) is 13.9. The molecule has 112 valence electrons. The zero-order valence-corrected chi connectivity index (χ0v) is 12.2. The molecule has 3 rings (SSSR count). The zero-order valence-electron chi connectivity index (χ0n) is 12.2. The monoisotopic (exact) mass is 295 g/mol. The predicted molar refractivity (Wildman–Crippen MR) is 83.8 cm³/mol. The van der Waals surface area contributed by atoms with Gasteiger partial charge in [0.2, 0.25) is 0 Å². The molecule has 0 spiro atoms. The summed E-state index contributed by atoms with van der Waals surface area (Å²) in [6.45, 7) is 1.56. The number of pyridine rings is 1. The molecule has 1 aliphatic rings. The van der Waals surface area contributed by atoms with E-state index in [1.165, 1.54) is 6.20 Å². The van der Waals surface area contributed by atoms with Gasteiger partial charge in [-0.25, -0.2) is 0 Å². The van der Waals surface area contributed by atoms with Crippen molar-refractivity contribution in [1.29, 1.82) is 0 Å². The molecule has 1 saturated heterocycles. The average molecular weight is 295 g/mol. The van der Waals surface area contributed by atoms with Gasteiger partial charge in [-0.2, -0.15) is 0 Å².